The summed E-state index contributed by atoms with van der Waals surface area (Å²) < 4.78 is 24.8. The van der Waals surface area contributed by atoms with Gasteiger partial charge in [0.15, 0.2) is 0 Å². The van der Waals surface area contributed by atoms with E-state index in [4.69, 9.17) is 9.05 Å². The minimum atomic E-state index is -3.33. The lowest BCUT2D eigenvalue weighted by atomic mass is 9.79. The second-order valence-corrected chi connectivity index (χ2v) is 9.97. The first kappa shape index (κ1) is 22.9. The molecule has 0 heterocycles. The molecule has 1 fully saturated rings. The van der Waals surface area contributed by atoms with Crippen LogP contribution in [0, 0.1) is 5.92 Å². The van der Waals surface area contributed by atoms with Gasteiger partial charge in [-0.15, -0.1) is 0 Å². The van der Waals surface area contributed by atoms with Gasteiger partial charge in [-0.25, -0.2) is 0 Å². The fraction of sp³-hybridized carbons (Fsp3) is 0.900. The highest BCUT2D eigenvalue weighted by atomic mass is 31.2. The van der Waals surface area contributed by atoms with E-state index in [1.54, 1.807) is 0 Å². The Labute approximate surface area is 154 Å². The number of hydrogen-bond acceptors (Lipinski definition) is 4. The van der Waals surface area contributed by atoms with Gasteiger partial charge in [-0.2, -0.15) is 0 Å². The topological polar surface area (TPSA) is 55.8 Å². The van der Waals surface area contributed by atoms with Crippen LogP contribution >= 0.6 is 7.60 Å². The van der Waals surface area contributed by atoms with E-state index in [-0.39, 0.29) is 0 Å². The zero-order valence-electron chi connectivity index (χ0n) is 16.9. The number of rotatable bonds is 11. The first-order valence-electron chi connectivity index (χ1n) is 10.0. The largest absolute Gasteiger partial charge is 0.389 e. The third kappa shape index (κ3) is 7.17. The van der Waals surface area contributed by atoms with Crippen molar-refractivity contribution in [3.63, 3.8) is 0 Å². The molecule has 0 aromatic heterocycles. The lowest BCUT2D eigenvalue weighted by Crippen LogP contribution is -2.45. The van der Waals surface area contributed by atoms with Crippen LogP contribution in [-0.2, 0) is 13.6 Å². The highest BCUT2D eigenvalue weighted by molar-refractivity contribution is 7.54. The van der Waals surface area contributed by atoms with Crippen LogP contribution in [0.25, 0.3) is 0 Å². The van der Waals surface area contributed by atoms with Gasteiger partial charge in [-0.05, 0) is 65.7 Å². The first-order valence-corrected chi connectivity index (χ1v) is 11.6. The standard InChI is InChI=1S/C20H39O4P/c1-6-23-25(22,24-7-2)19(20(21)14-9-8-10-15-20)16-18(5)13-11-12-17(3)4/h12,18-19,21H,6-11,13-16H2,1-5H3/t18?,19-/m0/s1. The normalized spacial score (nSPS) is 20.1. The van der Waals surface area contributed by atoms with Crippen LogP contribution < -0.4 is 0 Å². The van der Waals surface area contributed by atoms with Gasteiger partial charge in [0, 0.05) is 0 Å². The van der Waals surface area contributed by atoms with E-state index in [0.29, 0.717) is 38.4 Å². The Morgan fingerprint density at radius 2 is 1.72 bits per heavy atom. The van der Waals surface area contributed by atoms with Crippen LogP contribution in [-0.4, -0.2) is 29.6 Å². The summed E-state index contributed by atoms with van der Waals surface area (Å²) in [5, 5.41) is 11.3. The molecule has 0 bridgehead atoms. The van der Waals surface area contributed by atoms with E-state index in [9.17, 15) is 9.67 Å². The molecule has 0 aromatic carbocycles. The first-order chi connectivity index (χ1) is 11.8. The van der Waals surface area contributed by atoms with E-state index in [1.165, 1.54) is 5.57 Å². The van der Waals surface area contributed by atoms with Gasteiger partial charge >= 0.3 is 7.60 Å². The monoisotopic (exact) mass is 374 g/mol. The molecule has 1 rings (SSSR count). The molecule has 25 heavy (non-hydrogen) atoms. The van der Waals surface area contributed by atoms with Gasteiger partial charge in [0.1, 0.15) is 0 Å². The molecule has 0 aromatic rings. The molecule has 1 aliphatic carbocycles. The molecule has 0 radical (unpaired) electrons. The second kappa shape index (κ2) is 10.9. The van der Waals surface area contributed by atoms with Crippen LogP contribution in [0.1, 0.15) is 86.0 Å². The molecule has 0 spiro atoms. The van der Waals surface area contributed by atoms with E-state index < -0.39 is 18.9 Å². The van der Waals surface area contributed by atoms with Crippen LogP contribution in [0.15, 0.2) is 11.6 Å². The lowest BCUT2D eigenvalue weighted by molar-refractivity contribution is -0.0140. The number of aliphatic hydroxyl groups is 1. The Bertz CT molecular complexity index is 441. The molecule has 0 amide bonds. The average Bonchev–Trinajstić information content (AvgIpc) is 2.53. The van der Waals surface area contributed by atoms with Crippen molar-refractivity contribution in [1.29, 1.82) is 0 Å². The van der Waals surface area contributed by atoms with Crippen molar-refractivity contribution < 1.29 is 18.7 Å². The maximum atomic E-state index is 13.5. The molecule has 1 N–H and O–H groups in total. The number of allylic oxidation sites excluding steroid dienone is 2. The van der Waals surface area contributed by atoms with E-state index in [2.05, 4.69) is 26.8 Å². The molecule has 1 saturated carbocycles. The van der Waals surface area contributed by atoms with Crippen molar-refractivity contribution in [2.45, 2.75) is 97.2 Å². The molecule has 0 saturated heterocycles. The summed E-state index contributed by atoms with van der Waals surface area (Å²) in [7, 11) is -3.33. The lowest BCUT2D eigenvalue weighted by Gasteiger charge is -2.42. The van der Waals surface area contributed by atoms with Gasteiger partial charge in [0.05, 0.1) is 24.5 Å². The van der Waals surface area contributed by atoms with Crippen LogP contribution in [0.4, 0.5) is 0 Å². The minimum Gasteiger partial charge on any atom is -0.389 e. The summed E-state index contributed by atoms with van der Waals surface area (Å²) >= 11 is 0. The summed E-state index contributed by atoms with van der Waals surface area (Å²) in [4.78, 5) is 0. The van der Waals surface area contributed by atoms with Crippen molar-refractivity contribution in [2.75, 3.05) is 13.2 Å². The fourth-order valence-electron chi connectivity index (χ4n) is 3.87. The van der Waals surface area contributed by atoms with Crippen molar-refractivity contribution in [2.24, 2.45) is 5.92 Å². The van der Waals surface area contributed by atoms with Crippen molar-refractivity contribution in [1.82, 2.24) is 0 Å². The highest BCUT2D eigenvalue weighted by Crippen LogP contribution is 2.60. The van der Waals surface area contributed by atoms with Gasteiger partial charge in [0.25, 0.3) is 0 Å². The Morgan fingerprint density at radius 3 is 2.20 bits per heavy atom. The molecule has 148 valence electrons. The van der Waals surface area contributed by atoms with Gasteiger partial charge < -0.3 is 14.2 Å². The SMILES string of the molecule is CCOP(=O)(OCC)[C@@H](CC(C)CCC=C(C)C)C1(O)CCCCC1. The maximum absolute atomic E-state index is 13.5. The van der Waals surface area contributed by atoms with Crippen LogP contribution in [0.2, 0.25) is 0 Å². The smallest absolute Gasteiger partial charge is 0.336 e. The number of hydrogen-bond donors (Lipinski definition) is 1. The van der Waals surface area contributed by atoms with Crippen molar-refractivity contribution >= 4 is 7.60 Å². The molecule has 1 unspecified atom stereocenters. The molecule has 0 aliphatic heterocycles. The van der Waals surface area contributed by atoms with Crippen molar-refractivity contribution in [3.05, 3.63) is 11.6 Å². The van der Waals surface area contributed by atoms with Gasteiger partial charge in [-0.3, -0.25) is 4.57 Å². The molecule has 4 nitrogen and oxygen atoms in total. The Morgan fingerprint density at radius 1 is 1.16 bits per heavy atom. The Kier molecular flexibility index (Phi) is 9.95. The van der Waals surface area contributed by atoms with E-state index in [0.717, 1.165) is 32.1 Å². The Hall–Kier alpha value is -0.150. The third-order valence-electron chi connectivity index (χ3n) is 5.18. The van der Waals surface area contributed by atoms with Gasteiger partial charge in [0.2, 0.25) is 0 Å². The van der Waals surface area contributed by atoms with E-state index >= 15 is 0 Å². The second-order valence-electron chi connectivity index (χ2n) is 7.76. The molecular weight excluding hydrogens is 335 g/mol. The predicted molar refractivity (Wildman–Crippen MR) is 105 cm³/mol. The third-order valence-corrected chi connectivity index (χ3v) is 7.87. The zero-order chi connectivity index (χ0) is 18.9. The van der Waals surface area contributed by atoms with Crippen LogP contribution in [0.3, 0.4) is 0 Å². The zero-order valence-corrected chi connectivity index (χ0v) is 17.8. The van der Waals surface area contributed by atoms with E-state index in [1.807, 2.05) is 13.8 Å². The predicted octanol–water partition coefficient (Wildman–Crippen LogP) is 6.09. The Balaban J connectivity index is 2.97. The summed E-state index contributed by atoms with van der Waals surface area (Å²) in [5.74, 6) is 0.362. The summed E-state index contributed by atoms with van der Waals surface area (Å²) in [6, 6.07) is 0. The quantitative estimate of drug-likeness (QED) is 0.351. The summed E-state index contributed by atoms with van der Waals surface area (Å²) in [6.07, 6.45) is 9.46. The maximum Gasteiger partial charge on any atom is 0.336 e. The average molecular weight is 375 g/mol. The molecule has 2 atom stereocenters. The van der Waals surface area contributed by atoms with Crippen molar-refractivity contribution in [3.8, 4) is 0 Å². The van der Waals surface area contributed by atoms with Gasteiger partial charge in [-0.1, -0.05) is 37.8 Å². The fourth-order valence-corrected chi connectivity index (χ4v) is 6.49. The minimum absolute atomic E-state index is 0.343. The van der Waals surface area contributed by atoms with Crippen LogP contribution in [0.5, 0.6) is 0 Å². The summed E-state index contributed by atoms with van der Waals surface area (Å²) in [5.41, 5.74) is -0.0334. The molecule has 5 heteroatoms. The molecule has 1 aliphatic rings. The summed E-state index contributed by atoms with van der Waals surface area (Å²) in [6.45, 7) is 10.8. The highest BCUT2D eigenvalue weighted by Gasteiger charge is 2.50. The molecular formula is C20H39O4P.